The molecule has 0 bridgehead atoms. The fraction of sp³-hybridized carbons (Fsp3) is 0. The van der Waals surface area contributed by atoms with Crippen LogP contribution >= 0.6 is 46.3 Å². The third kappa shape index (κ3) is 2.70. The monoisotopic (exact) mass is 342 g/mol. The van der Waals surface area contributed by atoms with Crippen molar-refractivity contribution in [3.05, 3.63) is 39.7 Å². The van der Waals surface area contributed by atoms with Crippen molar-refractivity contribution < 1.29 is 0 Å². The number of rotatable bonds is 3. The van der Waals surface area contributed by atoms with Gasteiger partial charge >= 0.3 is 0 Å². The first-order valence-corrected chi connectivity index (χ1v) is 7.97. The first-order chi connectivity index (χ1) is 9.67. The fourth-order valence-electron chi connectivity index (χ4n) is 1.63. The average Bonchev–Trinajstić information content (AvgIpc) is 2.91. The number of halogens is 2. The Kier molecular flexibility index (Phi) is 4.00. The van der Waals surface area contributed by atoms with Crippen molar-refractivity contribution in [1.82, 2.24) is 9.97 Å². The van der Waals surface area contributed by atoms with Gasteiger partial charge in [-0.3, -0.25) is 5.43 Å². The van der Waals surface area contributed by atoms with E-state index in [1.54, 1.807) is 12.1 Å². The van der Waals surface area contributed by atoms with Crippen LogP contribution in [0.1, 0.15) is 0 Å². The van der Waals surface area contributed by atoms with E-state index in [0.29, 0.717) is 16.0 Å². The molecule has 3 N–H and O–H groups in total. The molecule has 4 nitrogen and oxygen atoms in total. The Morgan fingerprint density at radius 3 is 2.85 bits per heavy atom. The summed E-state index contributed by atoms with van der Waals surface area (Å²) in [7, 11) is 0. The van der Waals surface area contributed by atoms with Crippen molar-refractivity contribution in [2.24, 2.45) is 5.84 Å². The number of benzene rings is 1. The van der Waals surface area contributed by atoms with Gasteiger partial charge in [0, 0.05) is 15.3 Å². The Labute approximate surface area is 133 Å². The number of fused-ring (bicyclic) bond motifs is 1. The molecule has 3 aromatic rings. The number of nitrogens with one attached hydrogen (secondary N) is 1. The molecule has 2 heterocycles. The van der Waals surface area contributed by atoms with Crippen LogP contribution in [0.3, 0.4) is 0 Å². The third-order valence-electron chi connectivity index (χ3n) is 2.52. The minimum absolute atomic E-state index is 0.376. The zero-order valence-electron chi connectivity index (χ0n) is 9.93. The zero-order valence-corrected chi connectivity index (χ0v) is 13.1. The molecular weight excluding hydrogens is 335 g/mol. The molecular formula is C12H8Cl2N4S2. The normalized spacial score (nSPS) is 10.9. The molecule has 2 aromatic heterocycles. The number of anilines is 1. The van der Waals surface area contributed by atoms with Crippen LogP contribution < -0.4 is 11.3 Å². The molecule has 0 aliphatic carbocycles. The molecule has 0 amide bonds. The summed E-state index contributed by atoms with van der Waals surface area (Å²) in [6.07, 6.45) is 0. The molecule has 0 aliphatic heterocycles. The van der Waals surface area contributed by atoms with E-state index < -0.39 is 0 Å². The molecule has 0 aliphatic rings. The van der Waals surface area contributed by atoms with E-state index in [4.69, 9.17) is 29.0 Å². The van der Waals surface area contributed by atoms with Crippen LogP contribution in [0.5, 0.6) is 0 Å². The predicted molar refractivity (Wildman–Crippen MR) is 85.8 cm³/mol. The highest BCUT2D eigenvalue weighted by Crippen LogP contribution is 2.38. The topological polar surface area (TPSA) is 63.8 Å². The summed E-state index contributed by atoms with van der Waals surface area (Å²) in [4.78, 5) is 10.4. The maximum Gasteiger partial charge on any atom is 0.239 e. The maximum atomic E-state index is 6.18. The first kappa shape index (κ1) is 13.9. The van der Waals surface area contributed by atoms with Crippen LogP contribution in [0.25, 0.3) is 10.2 Å². The molecule has 0 saturated heterocycles. The molecule has 1 aromatic carbocycles. The highest BCUT2D eigenvalue weighted by molar-refractivity contribution is 7.99. The van der Waals surface area contributed by atoms with Crippen LogP contribution in [0.15, 0.2) is 39.6 Å². The molecule has 3 rings (SSSR count). The molecule has 8 heteroatoms. The van der Waals surface area contributed by atoms with Crippen LogP contribution in [0.4, 0.5) is 5.95 Å². The van der Waals surface area contributed by atoms with Crippen molar-refractivity contribution >= 4 is 62.5 Å². The molecule has 0 saturated carbocycles. The van der Waals surface area contributed by atoms with Crippen molar-refractivity contribution in [2.45, 2.75) is 9.92 Å². The van der Waals surface area contributed by atoms with Gasteiger partial charge in [-0.05, 0) is 29.6 Å². The second kappa shape index (κ2) is 5.75. The van der Waals surface area contributed by atoms with E-state index in [0.717, 1.165) is 20.1 Å². The number of thiophene rings is 1. The summed E-state index contributed by atoms with van der Waals surface area (Å²) in [5.41, 5.74) is 2.47. The van der Waals surface area contributed by atoms with Gasteiger partial charge in [0.2, 0.25) is 5.95 Å². The van der Waals surface area contributed by atoms with Gasteiger partial charge in [-0.25, -0.2) is 15.8 Å². The van der Waals surface area contributed by atoms with Crippen molar-refractivity contribution in [3.8, 4) is 0 Å². The van der Waals surface area contributed by atoms with Gasteiger partial charge in [0.1, 0.15) is 9.86 Å². The number of hydrazine groups is 1. The summed E-state index contributed by atoms with van der Waals surface area (Å²) in [6.45, 7) is 0. The second-order valence-corrected chi connectivity index (χ2v) is 6.58. The lowest BCUT2D eigenvalue weighted by Crippen LogP contribution is -2.10. The van der Waals surface area contributed by atoms with Crippen molar-refractivity contribution in [2.75, 3.05) is 5.43 Å². The quantitative estimate of drug-likeness (QED) is 0.418. The summed E-state index contributed by atoms with van der Waals surface area (Å²) >= 11 is 15.2. The van der Waals surface area contributed by atoms with Crippen molar-refractivity contribution in [1.29, 1.82) is 0 Å². The van der Waals surface area contributed by atoms with Crippen LogP contribution in [0.2, 0.25) is 10.0 Å². The summed E-state index contributed by atoms with van der Waals surface area (Å²) in [5.74, 6) is 5.77. The summed E-state index contributed by atoms with van der Waals surface area (Å²) in [5, 5.41) is 4.97. The number of nitrogens with zero attached hydrogens (tertiary/aromatic N) is 2. The molecule has 0 atom stereocenters. The smallest absolute Gasteiger partial charge is 0.239 e. The van der Waals surface area contributed by atoms with Crippen LogP contribution in [-0.2, 0) is 0 Å². The van der Waals surface area contributed by atoms with Gasteiger partial charge in [-0.15, -0.1) is 11.3 Å². The Bertz CT molecular complexity index is 775. The van der Waals surface area contributed by atoms with E-state index >= 15 is 0 Å². The van der Waals surface area contributed by atoms with Gasteiger partial charge in [0.05, 0.1) is 5.02 Å². The number of aromatic nitrogens is 2. The van der Waals surface area contributed by atoms with Crippen LogP contribution in [-0.4, -0.2) is 9.97 Å². The maximum absolute atomic E-state index is 6.18. The van der Waals surface area contributed by atoms with Gasteiger partial charge in [0.25, 0.3) is 0 Å². The SMILES string of the molecule is NNc1nc(Sc2cc(Cl)ccc2Cl)c2ccsc2n1. The number of hydrogen-bond acceptors (Lipinski definition) is 6. The largest absolute Gasteiger partial charge is 0.292 e. The number of hydrogen-bond donors (Lipinski definition) is 2. The lowest BCUT2D eigenvalue weighted by atomic mass is 10.4. The molecule has 0 fully saturated rings. The summed E-state index contributed by atoms with van der Waals surface area (Å²) < 4.78 is 0. The van der Waals surface area contributed by atoms with Crippen molar-refractivity contribution in [3.63, 3.8) is 0 Å². The third-order valence-corrected chi connectivity index (χ3v) is 5.06. The standard InChI is InChI=1S/C12H8Cl2N4S2/c13-6-1-2-8(14)9(5-6)20-11-7-3-4-19-10(7)16-12(17-11)18-15/h1-5H,15H2,(H,16,17,18). The Morgan fingerprint density at radius 2 is 2.05 bits per heavy atom. The van der Waals surface area contributed by atoms with Gasteiger partial charge in [-0.1, -0.05) is 35.0 Å². The van der Waals surface area contributed by atoms with E-state index in [9.17, 15) is 0 Å². The van der Waals surface area contributed by atoms with Gasteiger partial charge < -0.3 is 0 Å². The fourth-order valence-corrected chi connectivity index (χ4v) is 3.90. The highest BCUT2D eigenvalue weighted by atomic mass is 35.5. The minimum atomic E-state index is 0.376. The highest BCUT2D eigenvalue weighted by Gasteiger charge is 2.12. The summed E-state index contributed by atoms with van der Waals surface area (Å²) in [6, 6.07) is 7.30. The van der Waals surface area contributed by atoms with E-state index in [1.165, 1.54) is 23.1 Å². The minimum Gasteiger partial charge on any atom is -0.292 e. The predicted octanol–water partition coefficient (Wildman–Crippen LogP) is 4.43. The second-order valence-electron chi connectivity index (χ2n) is 3.81. The Morgan fingerprint density at radius 1 is 1.20 bits per heavy atom. The molecule has 102 valence electrons. The number of nitrogens with two attached hydrogens (primary N) is 1. The average molecular weight is 343 g/mol. The molecule has 0 unspecified atom stereocenters. The lowest BCUT2D eigenvalue weighted by molar-refractivity contribution is 1.08. The van der Waals surface area contributed by atoms with E-state index in [1.807, 2.05) is 17.5 Å². The molecule has 0 radical (unpaired) electrons. The van der Waals surface area contributed by atoms with E-state index in [2.05, 4.69) is 15.4 Å². The first-order valence-electron chi connectivity index (χ1n) is 5.52. The Balaban J connectivity index is 2.09. The van der Waals surface area contributed by atoms with Crippen LogP contribution in [0, 0.1) is 0 Å². The Hall–Kier alpha value is -1.05. The van der Waals surface area contributed by atoms with Gasteiger partial charge in [-0.2, -0.15) is 0 Å². The lowest BCUT2D eigenvalue weighted by Gasteiger charge is -2.07. The molecule has 20 heavy (non-hydrogen) atoms. The zero-order chi connectivity index (χ0) is 14.1. The van der Waals surface area contributed by atoms with E-state index in [-0.39, 0.29) is 0 Å². The number of nitrogen functional groups attached to an aromatic ring is 1. The molecule has 0 spiro atoms. The van der Waals surface area contributed by atoms with Gasteiger partial charge in [0.15, 0.2) is 0 Å².